The van der Waals surface area contributed by atoms with E-state index in [1.54, 1.807) is 12.1 Å². The third kappa shape index (κ3) is 3.05. The largest absolute Gasteiger partial charge is 0.465 e. The first-order valence-electron chi connectivity index (χ1n) is 5.86. The van der Waals surface area contributed by atoms with Crippen molar-refractivity contribution in [3.8, 4) is 0 Å². The molecule has 6 nitrogen and oxygen atoms in total. The first kappa shape index (κ1) is 13.8. The zero-order valence-corrected chi connectivity index (χ0v) is 11.3. The Morgan fingerprint density at radius 3 is 2.53 bits per heavy atom. The lowest BCUT2D eigenvalue weighted by Gasteiger charge is -2.38. The number of carbonyl (C=O) groups is 1. The topological polar surface area (TPSA) is 83.9 Å². The first-order valence-corrected chi connectivity index (χ1v) is 7.26. The van der Waals surface area contributed by atoms with Crippen LogP contribution in [0.4, 0.5) is 4.79 Å². The maximum atomic E-state index is 11.9. The number of benzene rings is 1. The van der Waals surface area contributed by atoms with Crippen molar-refractivity contribution in [2.24, 2.45) is 0 Å². The lowest BCUT2D eigenvalue weighted by Crippen LogP contribution is -2.53. The van der Waals surface area contributed by atoms with Crippen LogP contribution in [-0.4, -0.2) is 43.7 Å². The minimum absolute atomic E-state index is 0.0827. The molecule has 1 aromatic carbocycles. The molecule has 1 heterocycles. The van der Waals surface area contributed by atoms with Crippen LogP contribution in [0.1, 0.15) is 12.0 Å². The zero-order valence-electron chi connectivity index (χ0n) is 10.4. The molecule has 0 aromatic heterocycles. The Morgan fingerprint density at radius 1 is 1.42 bits per heavy atom. The molecular formula is C12H15NO5S. The van der Waals surface area contributed by atoms with Crippen LogP contribution in [0.2, 0.25) is 0 Å². The van der Waals surface area contributed by atoms with Crippen LogP contribution in [-0.2, 0) is 14.3 Å². The van der Waals surface area contributed by atoms with Crippen molar-refractivity contribution in [3.63, 3.8) is 0 Å². The molecule has 1 N–H and O–H groups in total. The van der Waals surface area contributed by atoms with Crippen molar-refractivity contribution in [1.29, 1.82) is 0 Å². The summed E-state index contributed by atoms with van der Waals surface area (Å²) in [6.45, 7) is 2.15. The predicted molar refractivity (Wildman–Crippen MR) is 67.5 cm³/mol. The molecule has 1 unspecified atom stereocenters. The average molecular weight is 285 g/mol. The van der Waals surface area contributed by atoms with E-state index >= 15 is 0 Å². The van der Waals surface area contributed by atoms with E-state index in [9.17, 15) is 13.2 Å². The van der Waals surface area contributed by atoms with Gasteiger partial charge in [0.15, 0.2) is 0 Å². The monoisotopic (exact) mass is 285 g/mol. The molecule has 104 valence electrons. The van der Waals surface area contributed by atoms with Gasteiger partial charge in [0.05, 0.1) is 17.5 Å². The second kappa shape index (κ2) is 5.18. The maximum Gasteiger partial charge on any atom is 0.407 e. The van der Waals surface area contributed by atoms with E-state index in [2.05, 4.69) is 0 Å². The Kier molecular flexibility index (Phi) is 3.77. The fraction of sp³-hybridized carbons (Fsp3) is 0.417. The van der Waals surface area contributed by atoms with Crippen LogP contribution in [0.5, 0.6) is 0 Å². The van der Waals surface area contributed by atoms with E-state index in [1.807, 2.05) is 6.92 Å². The molecule has 1 amide bonds. The second-order valence-electron chi connectivity index (χ2n) is 4.47. The number of carboxylic acid groups (broad SMARTS) is 1. The molecule has 1 aliphatic heterocycles. The number of rotatable bonds is 4. The number of amides is 1. The van der Waals surface area contributed by atoms with Gasteiger partial charge in [0.1, 0.15) is 0 Å². The quantitative estimate of drug-likeness (QED) is 0.846. The van der Waals surface area contributed by atoms with Gasteiger partial charge < -0.3 is 10.0 Å². The van der Waals surface area contributed by atoms with E-state index in [0.29, 0.717) is 13.0 Å². The van der Waals surface area contributed by atoms with E-state index in [0.717, 1.165) is 5.56 Å². The minimum Gasteiger partial charge on any atom is -0.465 e. The summed E-state index contributed by atoms with van der Waals surface area (Å²) in [6.07, 6.45) is -0.428. The van der Waals surface area contributed by atoms with Gasteiger partial charge in [-0.05, 0) is 25.5 Å². The highest BCUT2D eigenvalue weighted by molar-refractivity contribution is 7.86. The number of aryl methyl sites for hydroxylation is 1. The molecule has 0 aliphatic carbocycles. The van der Waals surface area contributed by atoms with Crippen molar-refractivity contribution in [3.05, 3.63) is 29.8 Å². The standard InChI is InChI=1S/C12H15NO5S/c1-9-2-4-11(5-3-9)19(16,17)18-8-10-6-7-13(10)12(14)15/h2-5,10H,6-8H2,1H3,(H,14,15). The molecule has 1 saturated heterocycles. The third-order valence-corrected chi connectivity index (χ3v) is 4.41. The van der Waals surface area contributed by atoms with Gasteiger partial charge in [0, 0.05) is 6.54 Å². The van der Waals surface area contributed by atoms with Crippen molar-refractivity contribution in [2.75, 3.05) is 13.2 Å². The number of hydrogen-bond donors (Lipinski definition) is 1. The Morgan fingerprint density at radius 2 is 2.05 bits per heavy atom. The highest BCUT2D eigenvalue weighted by atomic mass is 32.2. The zero-order chi connectivity index (χ0) is 14.0. The van der Waals surface area contributed by atoms with Gasteiger partial charge >= 0.3 is 6.09 Å². The molecule has 1 atom stereocenters. The molecule has 0 saturated carbocycles. The molecule has 19 heavy (non-hydrogen) atoms. The molecule has 2 rings (SSSR count). The Bertz CT molecular complexity index is 566. The Labute approximate surface area is 111 Å². The van der Waals surface area contributed by atoms with Gasteiger partial charge in [0.2, 0.25) is 0 Å². The van der Waals surface area contributed by atoms with E-state index in [-0.39, 0.29) is 17.5 Å². The lowest BCUT2D eigenvalue weighted by molar-refractivity contribution is 0.0512. The van der Waals surface area contributed by atoms with Crippen LogP contribution >= 0.6 is 0 Å². The van der Waals surface area contributed by atoms with Gasteiger partial charge in [-0.15, -0.1) is 0 Å². The minimum atomic E-state index is -3.82. The summed E-state index contributed by atoms with van der Waals surface area (Å²) in [5.74, 6) is 0. The summed E-state index contributed by atoms with van der Waals surface area (Å²) in [7, 11) is -3.82. The van der Waals surface area contributed by atoms with Gasteiger partial charge in [-0.1, -0.05) is 17.7 Å². The fourth-order valence-corrected chi connectivity index (χ4v) is 2.75. The van der Waals surface area contributed by atoms with E-state index in [4.69, 9.17) is 9.29 Å². The fourth-order valence-electron chi connectivity index (χ4n) is 1.81. The average Bonchev–Trinajstić information content (AvgIpc) is 2.27. The summed E-state index contributed by atoms with van der Waals surface area (Å²) in [5.41, 5.74) is 0.954. The smallest absolute Gasteiger partial charge is 0.407 e. The first-order chi connectivity index (χ1) is 8.90. The van der Waals surface area contributed by atoms with Crippen LogP contribution < -0.4 is 0 Å². The molecule has 1 fully saturated rings. The molecule has 1 aromatic rings. The summed E-state index contributed by atoms with van der Waals surface area (Å²) >= 11 is 0. The maximum absolute atomic E-state index is 11.9. The SMILES string of the molecule is Cc1ccc(S(=O)(=O)OCC2CCN2C(=O)O)cc1. The summed E-state index contributed by atoms with van der Waals surface area (Å²) in [4.78, 5) is 12.0. The van der Waals surface area contributed by atoms with Gasteiger partial charge in [-0.2, -0.15) is 8.42 Å². The number of nitrogens with zero attached hydrogens (tertiary/aromatic N) is 1. The summed E-state index contributed by atoms with van der Waals surface area (Å²) in [6, 6.07) is 5.94. The number of hydrogen-bond acceptors (Lipinski definition) is 4. The Balaban J connectivity index is 1.99. The van der Waals surface area contributed by atoms with Crippen LogP contribution in [0, 0.1) is 6.92 Å². The van der Waals surface area contributed by atoms with E-state index in [1.165, 1.54) is 17.0 Å². The van der Waals surface area contributed by atoms with Crippen molar-refractivity contribution >= 4 is 16.2 Å². The highest BCUT2D eigenvalue weighted by Gasteiger charge is 2.33. The predicted octanol–water partition coefficient (Wildman–Crippen LogP) is 1.45. The number of likely N-dealkylation sites (tertiary alicyclic amines) is 1. The molecule has 0 radical (unpaired) electrons. The van der Waals surface area contributed by atoms with Crippen LogP contribution in [0.25, 0.3) is 0 Å². The van der Waals surface area contributed by atoms with Crippen molar-refractivity contribution < 1.29 is 22.5 Å². The third-order valence-electron chi connectivity index (χ3n) is 3.11. The van der Waals surface area contributed by atoms with E-state index < -0.39 is 16.2 Å². The molecule has 0 spiro atoms. The lowest BCUT2D eigenvalue weighted by atomic mass is 10.1. The summed E-state index contributed by atoms with van der Waals surface area (Å²) < 4.78 is 28.7. The van der Waals surface area contributed by atoms with Gasteiger partial charge in [-0.3, -0.25) is 4.18 Å². The molecule has 7 heteroatoms. The molecule has 0 bridgehead atoms. The normalized spacial score (nSPS) is 19.0. The second-order valence-corrected chi connectivity index (χ2v) is 6.09. The van der Waals surface area contributed by atoms with Crippen molar-refractivity contribution in [2.45, 2.75) is 24.3 Å². The van der Waals surface area contributed by atoms with Crippen LogP contribution in [0.3, 0.4) is 0 Å². The molecular weight excluding hydrogens is 270 g/mol. The summed E-state index contributed by atoms with van der Waals surface area (Å²) in [5, 5.41) is 8.80. The van der Waals surface area contributed by atoms with Crippen molar-refractivity contribution in [1.82, 2.24) is 4.90 Å². The van der Waals surface area contributed by atoms with Gasteiger partial charge in [0.25, 0.3) is 10.1 Å². The molecule has 1 aliphatic rings. The van der Waals surface area contributed by atoms with Crippen LogP contribution in [0.15, 0.2) is 29.2 Å². The highest BCUT2D eigenvalue weighted by Crippen LogP contribution is 2.20. The van der Waals surface area contributed by atoms with Gasteiger partial charge in [-0.25, -0.2) is 4.79 Å². The Hall–Kier alpha value is -1.60.